The second-order valence-corrected chi connectivity index (χ2v) is 12.4. The first-order valence-electron chi connectivity index (χ1n) is 16.4. The van der Waals surface area contributed by atoms with Gasteiger partial charge in [-0.05, 0) is 97.9 Å². The molecule has 1 saturated heterocycles. The van der Waals surface area contributed by atoms with Gasteiger partial charge in [-0.25, -0.2) is 9.97 Å². The topological polar surface area (TPSA) is 119 Å². The van der Waals surface area contributed by atoms with E-state index in [0.717, 1.165) is 57.7 Å². The quantitative estimate of drug-likeness (QED) is 0.0812. The van der Waals surface area contributed by atoms with Crippen LogP contribution in [0, 0.1) is 19.3 Å². The number of benzene rings is 3. The molecule has 9 nitrogen and oxygen atoms in total. The molecule has 0 aliphatic carbocycles. The fourth-order valence-electron chi connectivity index (χ4n) is 5.85. The standard InChI is InChI=1S/C38H45ClN6O3/c1-27-31(8-5-9-33(27)34-10-6-11-36(28(34)2)46-15-7-14-45-12-3-4-13-45)25-48-38-17-37(47-24-30-21-43-26-44-22-30)32(16-35(38)39)23-42-20-29(18-40)19-41/h5-6,8-11,16-19,21-22,26,40,42H,3-4,7,12-15,20,23-25,41H2,1-2H3/b29-19+,40-18?. The van der Waals surface area contributed by atoms with Crippen molar-refractivity contribution in [1.82, 2.24) is 20.2 Å². The van der Waals surface area contributed by atoms with Crippen LogP contribution in [-0.4, -0.2) is 53.9 Å². The highest BCUT2D eigenvalue weighted by atomic mass is 35.5. The second-order valence-electron chi connectivity index (χ2n) is 12.0. The maximum atomic E-state index is 7.48. The van der Waals surface area contributed by atoms with Gasteiger partial charge in [-0.1, -0.05) is 41.9 Å². The van der Waals surface area contributed by atoms with Crippen molar-refractivity contribution in [3.63, 3.8) is 0 Å². The van der Waals surface area contributed by atoms with Crippen LogP contribution in [0.3, 0.4) is 0 Å². The van der Waals surface area contributed by atoms with E-state index in [1.165, 1.54) is 44.7 Å². The number of aromatic nitrogens is 2. The molecule has 1 fully saturated rings. The Labute approximate surface area is 288 Å². The van der Waals surface area contributed by atoms with Crippen LogP contribution in [0.1, 0.15) is 47.1 Å². The number of halogens is 1. The minimum absolute atomic E-state index is 0.283. The molecule has 0 atom stereocenters. The summed E-state index contributed by atoms with van der Waals surface area (Å²) in [6.45, 7) is 9.99. The summed E-state index contributed by atoms with van der Waals surface area (Å²) in [6.07, 6.45) is 11.2. The molecule has 0 radical (unpaired) electrons. The molecule has 0 spiro atoms. The normalized spacial score (nSPS) is 13.4. The molecule has 4 N–H and O–H groups in total. The predicted molar refractivity (Wildman–Crippen MR) is 192 cm³/mol. The molecule has 1 aromatic heterocycles. The lowest BCUT2D eigenvalue weighted by Gasteiger charge is -2.19. The van der Waals surface area contributed by atoms with Crippen LogP contribution < -0.4 is 25.3 Å². The first-order chi connectivity index (χ1) is 23.5. The van der Waals surface area contributed by atoms with E-state index in [1.807, 2.05) is 12.1 Å². The van der Waals surface area contributed by atoms with E-state index in [9.17, 15) is 0 Å². The van der Waals surface area contributed by atoms with Gasteiger partial charge in [0.25, 0.3) is 0 Å². The summed E-state index contributed by atoms with van der Waals surface area (Å²) in [5.74, 6) is 2.07. The second kappa shape index (κ2) is 17.6. The lowest BCUT2D eigenvalue weighted by Crippen LogP contribution is -2.22. The third kappa shape index (κ3) is 9.34. The van der Waals surface area contributed by atoms with Crippen molar-refractivity contribution in [2.45, 2.75) is 52.9 Å². The molecule has 4 aromatic rings. The van der Waals surface area contributed by atoms with Gasteiger partial charge in [0, 0.05) is 55.4 Å². The van der Waals surface area contributed by atoms with E-state index in [0.29, 0.717) is 48.4 Å². The van der Waals surface area contributed by atoms with E-state index in [4.69, 9.17) is 37.0 Å². The molecule has 0 unspecified atom stereocenters. The number of nitrogens with one attached hydrogen (secondary N) is 2. The fraction of sp³-hybridized carbons (Fsp3) is 0.342. The number of hydrogen-bond donors (Lipinski definition) is 3. The number of nitrogens with two attached hydrogens (primary N) is 1. The summed E-state index contributed by atoms with van der Waals surface area (Å²) < 4.78 is 18.8. The SMILES string of the molecule is Cc1c(COc2cc(OCc3cncnc3)c(CNC/C(C=N)=C/N)cc2Cl)cccc1-c1cccc(OCCCN2CCCC2)c1C. The van der Waals surface area contributed by atoms with Crippen molar-refractivity contribution >= 4 is 17.8 Å². The monoisotopic (exact) mass is 668 g/mol. The van der Waals surface area contributed by atoms with Gasteiger partial charge in [0.2, 0.25) is 0 Å². The molecule has 48 heavy (non-hydrogen) atoms. The van der Waals surface area contributed by atoms with Gasteiger partial charge in [0.05, 0.1) is 11.6 Å². The van der Waals surface area contributed by atoms with Crippen LogP contribution in [-0.2, 0) is 19.8 Å². The van der Waals surface area contributed by atoms with Gasteiger partial charge in [-0.15, -0.1) is 0 Å². The zero-order chi connectivity index (χ0) is 33.7. The van der Waals surface area contributed by atoms with Crippen molar-refractivity contribution in [1.29, 1.82) is 5.41 Å². The summed E-state index contributed by atoms with van der Waals surface area (Å²) in [7, 11) is 0. The largest absolute Gasteiger partial charge is 0.493 e. The van der Waals surface area contributed by atoms with E-state index in [-0.39, 0.29) is 6.61 Å². The van der Waals surface area contributed by atoms with E-state index in [1.54, 1.807) is 12.4 Å². The third-order valence-electron chi connectivity index (χ3n) is 8.65. The zero-order valence-electron chi connectivity index (χ0n) is 27.8. The summed E-state index contributed by atoms with van der Waals surface area (Å²) in [4.78, 5) is 10.7. The molecule has 0 bridgehead atoms. The highest BCUT2D eigenvalue weighted by Gasteiger charge is 2.16. The number of rotatable bonds is 17. The Morgan fingerprint density at radius 2 is 1.65 bits per heavy atom. The van der Waals surface area contributed by atoms with Gasteiger partial charge < -0.3 is 35.6 Å². The predicted octanol–water partition coefficient (Wildman–Crippen LogP) is 7.02. The average Bonchev–Trinajstić information content (AvgIpc) is 3.63. The van der Waals surface area contributed by atoms with E-state index in [2.05, 4.69) is 70.4 Å². The molecule has 1 aliphatic rings. The molecule has 10 heteroatoms. The van der Waals surface area contributed by atoms with Gasteiger partial charge in [-0.3, -0.25) is 0 Å². The van der Waals surface area contributed by atoms with Gasteiger partial charge in [0.15, 0.2) is 0 Å². The smallest absolute Gasteiger partial charge is 0.142 e. The number of ether oxygens (including phenoxy) is 3. The average molecular weight is 669 g/mol. The number of nitrogens with zero attached hydrogens (tertiary/aromatic N) is 3. The fourth-order valence-corrected chi connectivity index (χ4v) is 6.09. The molecule has 2 heterocycles. The Hall–Kier alpha value is -4.44. The first kappa shape index (κ1) is 34.9. The highest BCUT2D eigenvalue weighted by Crippen LogP contribution is 2.36. The zero-order valence-corrected chi connectivity index (χ0v) is 28.6. The van der Waals surface area contributed by atoms with Crippen LogP contribution in [0.2, 0.25) is 5.02 Å². The van der Waals surface area contributed by atoms with Gasteiger partial charge in [-0.2, -0.15) is 0 Å². The Kier molecular flexibility index (Phi) is 12.8. The Morgan fingerprint density at radius 1 is 0.917 bits per heavy atom. The molecule has 3 aromatic carbocycles. The van der Waals surface area contributed by atoms with Crippen molar-refractivity contribution in [2.75, 3.05) is 32.8 Å². The number of likely N-dealkylation sites (tertiary alicyclic amines) is 1. The van der Waals surface area contributed by atoms with Crippen LogP contribution in [0.15, 0.2) is 79.0 Å². The number of hydrogen-bond acceptors (Lipinski definition) is 9. The Bertz CT molecular complexity index is 1690. The molecule has 5 rings (SSSR count). The molecule has 0 amide bonds. The third-order valence-corrected chi connectivity index (χ3v) is 8.94. The Morgan fingerprint density at radius 3 is 2.40 bits per heavy atom. The highest BCUT2D eigenvalue weighted by molar-refractivity contribution is 6.32. The van der Waals surface area contributed by atoms with Crippen LogP contribution >= 0.6 is 11.6 Å². The molecule has 0 saturated carbocycles. The minimum Gasteiger partial charge on any atom is -0.493 e. The molecule has 1 aliphatic heterocycles. The van der Waals surface area contributed by atoms with Crippen molar-refractivity contribution in [2.24, 2.45) is 5.73 Å². The van der Waals surface area contributed by atoms with Crippen LogP contribution in [0.25, 0.3) is 11.1 Å². The van der Waals surface area contributed by atoms with E-state index >= 15 is 0 Å². The van der Waals surface area contributed by atoms with E-state index < -0.39 is 0 Å². The van der Waals surface area contributed by atoms with Crippen molar-refractivity contribution in [3.05, 3.63) is 112 Å². The van der Waals surface area contributed by atoms with Crippen LogP contribution in [0.4, 0.5) is 0 Å². The maximum Gasteiger partial charge on any atom is 0.142 e. The lowest BCUT2D eigenvalue weighted by atomic mass is 9.93. The lowest BCUT2D eigenvalue weighted by molar-refractivity contribution is 0.262. The summed E-state index contributed by atoms with van der Waals surface area (Å²) >= 11 is 6.76. The summed E-state index contributed by atoms with van der Waals surface area (Å²) in [6, 6.07) is 16.2. The van der Waals surface area contributed by atoms with Gasteiger partial charge >= 0.3 is 0 Å². The van der Waals surface area contributed by atoms with Crippen molar-refractivity contribution < 1.29 is 14.2 Å². The minimum atomic E-state index is 0.283. The summed E-state index contributed by atoms with van der Waals surface area (Å²) in [5, 5.41) is 11.3. The van der Waals surface area contributed by atoms with Crippen molar-refractivity contribution in [3.8, 4) is 28.4 Å². The van der Waals surface area contributed by atoms with Crippen LogP contribution in [0.5, 0.6) is 17.2 Å². The first-order valence-corrected chi connectivity index (χ1v) is 16.8. The molecule has 252 valence electrons. The molecular formula is C38H45ClN6O3. The summed E-state index contributed by atoms with van der Waals surface area (Å²) in [5.41, 5.74) is 13.6. The molecular weight excluding hydrogens is 624 g/mol. The maximum absolute atomic E-state index is 7.48. The Balaban J connectivity index is 1.29. The van der Waals surface area contributed by atoms with Gasteiger partial charge in [0.1, 0.15) is 36.8 Å².